The van der Waals surface area contributed by atoms with Gasteiger partial charge in [-0.1, -0.05) is 6.08 Å². The molecule has 0 amide bonds. The lowest BCUT2D eigenvalue weighted by molar-refractivity contribution is -0.146. The maximum Gasteiger partial charge on any atom is 0.317 e. The molecule has 0 saturated carbocycles. The molecule has 148 valence electrons. The van der Waals surface area contributed by atoms with Gasteiger partial charge in [-0.15, -0.1) is 0 Å². The second-order valence-electron chi connectivity index (χ2n) is 7.53. The van der Waals surface area contributed by atoms with E-state index >= 15 is 0 Å². The predicted octanol–water partition coefficient (Wildman–Crippen LogP) is 2.18. The molecular weight excluding hydrogens is 362 g/mol. The van der Waals surface area contributed by atoms with Crippen molar-refractivity contribution in [2.24, 2.45) is 11.8 Å². The van der Waals surface area contributed by atoms with E-state index in [1.807, 2.05) is 18.2 Å². The third-order valence-electron chi connectivity index (χ3n) is 6.18. The molecule has 0 N–H and O–H groups in total. The van der Waals surface area contributed by atoms with Crippen LogP contribution < -0.4 is 9.47 Å². The first-order valence-electron chi connectivity index (χ1n) is 9.46. The molecule has 1 fully saturated rings. The number of carbonyl (C=O) groups is 1. The second kappa shape index (κ2) is 6.44. The van der Waals surface area contributed by atoms with Crippen molar-refractivity contribution in [3.05, 3.63) is 46.9 Å². The van der Waals surface area contributed by atoms with Crippen molar-refractivity contribution in [3.63, 3.8) is 0 Å². The van der Waals surface area contributed by atoms with E-state index in [-0.39, 0.29) is 30.8 Å². The van der Waals surface area contributed by atoms with Gasteiger partial charge in [0.15, 0.2) is 23.0 Å². The number of ether oxygens (including phenoxy) is 5. The van der Waals surface area contributed by atoms with Crippen LogP contribution in [-0.2, 0) is 25.4 Å². The number of rotatable bonds is 3. The van der Waals surface area contributed by atoms with Gasteiger partial charge in [-0.3, -0.25) is 9.69 Å². The summed E-state index contributed by atoms with van der Waals surface area (Å²) in [6.45, 7) is 1.12. The Bertz CT molecular complexity index is 891. The molecular formula is C21H23NO6. The van der Waals surface area contributed by atoms with Crippen molar-refractivity contribution in [1.82, 2.24) is 4.90 Å². The van der Waals surface area contributed by atoms with Crippen LogP contribution in [0.25, 0.3) is 0 Å². The van der Waals surface area contributed by atoms with Crippen molar-refractivity contribution in [2.45, 2.75) is 18.6 Å². The van der Waals surface area contributed by atoms with Crippen LogP contribution in [0.4, 0.5) is 0 Å². The molecule has 1 saturated heterocycles. The number of benzene rings is 1. The Labute approximate surface area is 163 Å². The Hall–Kier alpha value is -2.67. The number of likely N-dealkylation sites (N-methyl/N-ethyl adjacent to an activating group) is 1. The van der Waals surface area contributed by atoms with E-state index in [1.165, 1.54) is 5.56 Å². The van der Waals surface area contributed by atoms with Crippen LogP contribution in [0, 0.1) is 11.8 Å². The Balaban J connectivity index is 1.55. The summed E-state index contributed by atoms with van der Waals surface area (Å²) in [4.78, 5) is 15.1. The zero-order valence-electron chi connectivity index (χ0n) is 16.1. The highest BCUT2D eigenvalue weighted by Crippen LogP contribution is 2.48. The quantitative estimate of drug-likeness (QED) is 0.739. The number of fused-ring (bicyclic) bond motifs is 3. The summed E-state index contributed by atoms with van der Waals surface area (Å²) in [5, 5.41) is 0. The van der Waals surface area contributed by atoms with Crippen LogP contribution in [0.1, 0.15) is 17.2 Å². The highest BCUT2D eigenvalue weighted by atomic mass is 16.7. The molecule has 3 aliphatic heterocycles. The van der Waals surface area contributed by atoms with Gasteiger partial charge in [-0.2, -0.15) is 0 Å². The highest BCUT2D eigenvalue weighted by molar-refractivity contribution is 5.79. The highest BCUT2D eigenvalue weighted by Gasteiger charge is 2.53. The molecule has 1 aromatic rings. The predicted molar refractivity (Wildman–Crippen MR) is 98.7 cm³/mol. The van der Waals surface area contributed by atoms with E-state index in [0.29, 0.717) is 11.5 Å². The Morgan fingerprint density at radius 3 is 2.68 bits per heavy atom. The standard InChI is InChI=1S/C21H23NO6/c1-22-7-6-11-8-15-16(27-10-26-15)9-13(11)18(22)19-12-4-5-14(24-2)20(25-3)17(12)21(23)28-19/h4-5,8-9,12,17-19H,6-7,10H2,1-3H3/t12-,17+,18+,19-/m0/s1. The van der Waals surface area contributed by atoms with Crippen LogP contribution >= 0.6 is 0 Å². The minimum Gasteiger partial charge on any atom is -0.496 e. The van der Waals surface area contributed by atoms with Gasteiger partial charge in [-0.05, 0) is 42.8 Å². The van der Waals surface area contributed by atoms with Gasteiger partial charge in [0, 0.05) is 12.5 Å². The first kappa shape index (κ1) is 17.4. The van der Waals surface area contributed by atoms with Crippen LogP contribution in [0.5, 0.6) is 11.5 Å². The molecule has 0 unspecified atom stereocenters. The minimum atomic E-state index is -0.484. The lowest BCUT2D eigenvalue weighted by Gasteiger charge is -2.39. The molecule has 1 aromatic carbocycles. The Morgan fingerprint density at radius 1 is 1.14 bits per heavy atom. The van der Waals surface area contributed by atoms with E-state index in [2.05, 4.69) is 18.0 Å². The van der Waals surface area contributed by atoms with Crippen molar-refractivity contribution in [3.8, 4) is 11.5 Å². The first-order chi connectivity index (χ1) is 13.6. The summed E-state index contributed by atoms with van der Waals surface area (Å²) in [5.74, 6) is 1.77. The van der Waals surface area contributed by atoms with Crippen LogP contribution in [0.2, 0.25) is 0 Å². The third kappa shape index (κ3) is 2.42. The summed E-state index contributed by atoms with van der Waals surface area (Å²) in [6, 6.07) is 4.04. The lowest BCUT2D eigenvalue weighted by Crippen LogP contribution is -2.42. The van der Waals surface area contributed by atoms with Crippen LogP contribution in [-0.4, -0.2) is 51.6 Å². The lowest BCUT2D eigenvalue weighted by atomic mass is 9.78. The fourth-order valence-electron chi connectivity index (χ4n) is 4.83. The van der Waals surface area contributed by atoms with Gasteiger partial charge in [-0.25, -0.2) is 0 Å². The van der Waals surface area contributed by atoms with Gasteiger partial charge in [0.2, 0.25) is 6.79 Å². The molecule has 7 heteroatoms. The fourth-order valence-corrected chi connectivity index (χ4v) is 4.83. The van der Waals surface area contributed by atoms with Crippen LogP contribution in [0.15, 0.2) is 35.8 Å². The Morgan fingerprint density at radius 2 is 1.93 bits per heavy atom. The normalized spacial score (nSPS) is 30.8. The number of methoxy groups -OCH3 is 2. The van der Waals surface area contributed by atoms with Gasteiger partial charge < -0.3 is 23.7 Å². The number of hydrogen-bond acceptors (Lipinski definition) is 7. The molecule has 28 heavy (non-hydrogen) atoms. The largest absolute Gasteiger partial charge is 0.496 e. The molecule has 7 nitrogen and oxygen atoms in total. The fraction of sp³-hybridized carbons (Fsp3) is 0.476. The van der Waals surface area contributed by atoms with Gasteiger partial charge in [0.25, 0.3) is 0 Å². The number of allylic oxidation sites excluding steroid dienone is 1. The summed E-state index contributed by atoms with van der Waals surface area (Å²) in [7, 11) is 5.21. The van der Waals surface area contributed by atoms with Crippen molar-refractivity contribution in [1.29, 1.82) is 0 Å². The molecule has 3 heterocycles. The van der Waals surface area contributed by atoms with E-state index in [4.69, 9.17) is 23.7 Å². The van der Waals surface area contributed by atoms with Crippen LogP contribution in [0.3, 0.4) is 0 Å². The molecule has 5 rings (SSSR count). The maximum atomic E-state index is 12.8. The maximum absolute atomic E-state index is 12.8. The van der Waals surface area contributed by atoms with Gasteiger partial charge in [0.1, 0.15) is 12.0 Å². The molecule has 1 aliphatic carbocycles. The molecule has 0 spiro atoms. The smallest absolute Gasteiger partial charge is 0.317 e. The Kier molecular flexibility index (Phi) is 4.01. The van der Waals surface area contributed by atoms with Gasteiger partial charge in [0.05, 0.1) is 20.3 Å². The van der Waals surface area contributed by atoms with Gasteiger partial charge >= 0.3 is 5.97 Å². The second-order valence-corrected chi connectivity index (χ2v) is 7.53. The van der Waals surface area contributed by atoms with Crippen molar-refractivity contribution in [2.75, 3.05) is 34.6 Å². The summed E-state index contributed by atoms with van der Waals surface area (Å²) < 4.78 is 28.0. The van der Waals surface area contributed by atoms with E-state index in [0.717, 1.165) is 30.0 Å². The topological polar surface area (TPSA) is 66.5 Å². The molecule has 4 aliphatic rings. The monoisotopic (exact) mass is 385 g/mol. The number of hydrogen-bond donors (Lipinski definition) is 0. The third-order valence-corrected chi connectivity index (χ3v) is 6.18. The van der Waals surface area contributed by atoms with E-state index < -0.39 is 5.92 Å². The molecule has 0 radical (unpaired) electrons. The molecule has 0 bridgehead atoms. The number of nitrogens with zero attached hydrogens (tertiary/aromatic N) is 1. The van der Waals surface area contributed by atoms with E-state index in [1.54, 1.807) is 14.2 Å². The molecule has 4 atom stereocenters. The number of cyclic esters (lactones) is 1. The van der Waals surface area contributed by atoms with Crippen molar-refractivity contribution >= 4 is 5.97 Å². The molecule has 0 aromatic heterocycles. The SMILES string of the molecule is COC1=C(OC)[C@@H]2C(=O)O[C@H]([C@H]3c4cc5c(cc4CCN3C)OCO5)[C@H]2C=C1. The number of esters is 1. The van der Waals surface area contributed by atoms with E-state index in [9.17, 15) is 4.79 Å². The summed E-state index contributed by atoms with van der Waals surface area (Å²) in [5.41, 5.74) is 2.34. The first-order valence-corrected chi connectivity index (χ1v) is 9.46. The zero-order chi connectivity index (χ0) is 19.4. The summed E-state index contributed by atoms with van der Waals surface area (Å²) >= 11 is 0. The number of carbonyl (C=O) groups excluding carboxylic acids is 1. The summed E-state index contributed by atoms with van der Waals surface area (Å²) in [6.07, 6.45) is 4.48. The average Bonchev–Trinajstić information content (AvgIpc) is 3.29. The zero-order valence-corrected chi connectivity index (χ0v) is 16.1. The average molecular weight is 385 g/mol. The van der Waals surface area contributed by atoms with Crippen molar-refractivity contribution < 1.29 is 28.5 Å². The minimum absolute atomic E-state index is 0.0657.